The third-order valence-electron chi connectivity index (χ3n) is 4.17. The molecule has 0 heterocycles. The van der Waals surface area contributed by atoms with E-state index in [9.17, 15) is 9.59 Å². The minimum atomic E-state index is -0.455. The molecule has 0 atom stereocenters. The Labute approximate surface area is 209 Å². The summed E-state index contributed by atoms with van der Waals surface area (Å²) >= 11 is 11.8. The number of halogens is 2. The summed E-state index contributed by atoms with van der Waals surface area (Å²) in [6.45, 7) is 2.46. The maximum absolute atomic E-state index is 12.7. The molecule has 7 nitrogen and oxygen atoms in total. The molecule has 0 radical (unpaired) electrons. The molecule has 0 saturated heterocycles. The number of carbonyl (C=O) groups excluding carboxylic acids is 2. The zero-order chi connectivity index (χ0) is 23.3. The fraction of sp³-hybridized carbons (Fsp3) is 0.318. The first-order chi connectivity index (χ1) is 15.4. The number of hydrogen-bond donors (Lipinski definition) is 3. The number of hydrogen-bond acceptors (Lipinski definition) is 5. The molecule has 2 rings (SSSR count). The Morgan fingerprint density at radius 1 is 0.938 bits per heavy atom. The lowest BCUT2D eigenvalue weighted by Gasteiger charge is -2.14. The molecule has 0 unspecified atom stereocenters. The van der Waals surface area contributed by atoms with Crippen molar-refractivity contribution < 1.29 is 19.1 Å². The lowest BCUT2D eigenvalue weighted by atomic mass is 10.2. The summed E-state index contributed by atoms with van der Waals surface area (Å²) in [7, 11) is 0. The van der Waals surface area contributed by atoms with Crippen molar-refractivity contribution >= 4 is 61.0 Å². The predicted molar refractivity (Wildman–Crippen MR) is 135 cm³/mol. The number of benzene rings is 2. The SMILES string of the molecule is CCCCCCOc1ccc(Br)cc1C(=O)NC(=S)NNC(=O)COc1ccc(Br)cc1. The van der Waals surface area contributed by atoms with E-state index >= 15 is 0 Å². The number of amides is 2. The average molecular weight is 587 g/mol. The normalized spacial score (nSPS) is 10.2. The summed E-state index contributed by atoms with van der Waals surface area (Å²) < 4.78 is 12.8. The highest BCUT2D eigenvalue weighted by atomic mass is 79.9. The summed E-state index contributed by atoms with van der Waals surface area (Å²) in [6, 6.07) is 12.3. The quantitative estimate of drug-likeness (QED) is 0.209. The van der Waals surface area contributed by atoms with E-state index in [1.54, 1.807) is 42.5 Å². The van der Waals surface area contributed by atoms with Crippen LogP contribution >= 0.6 is 44.1 Å². The van der Waals surface area contributed by atoms with E-state index in [0.717, 1.165) is 34.6 Å². The van der Waals surface area contributed by atoms with Gasteiger partial charge in [-0.3, -0.25) is 25.8 Å². The molecule has 0 aliphatic heterocycles. The lowest BCUT2D eigenvalue weighted by Crippen LogP contribution is -2.49. The second-order valence-corrected chi connectivity index (χ2v) is 8.99. The largest absolute Gasteiger partial charge is 0.493 e. The van der Waals surface area contributed by atoms with Gasteiger partial charge in [0.25, 0.3) is 11.8 Å². The minimum Gasteiger partial charge on any atom is -0.493 e. The van der Waals surface area contributed by atoms with Gasteiger partial charge in [0.05, 0.1) is 12.2 Å². The standard InChI is InChI=1S/C22H25Br2N3O4S/c1-2-3-4-5-12-30-19-11-8-16(24)13-18(19)21(29)25-22(32)27-26-20(28)14-31-17-9-6-15(23)7-10-17/h6-11,13H,2-5,12,14H2,1H3,(H,26,28)(H2,25,27,29,32). The Morgan fingerprint density at radius 3 is 2.38 bits per heavy atom. The molecule has 2 aromatic carbocycles. The average Bonchev–Trinajstić information content (AvgIpc) is 2.78. The van der Waals surface area contributed by atoms with Gasteiger partial charge in [0, 0.05) is 8.95 Å². The fourth-order valence-corrected chi connectivity index (χ4v) is 3.33. The van der Waals surface area contributed by atoms with E-state index in [-0.39, 0.29) is 11.7 Å². The third kappa shape index (κ3) is 9.54. The molecule has 0 aliphatic rings. The molecule has 0 fully saturated rings. The van der Waals surface area contributed by atoms with Crippen LogP contribution in [0.3, 0.4) is 0 Å². The highest BCUT2D eigenvalue weighted by Gasteiger charge is 2.15. The van der Waals surface area contributed by atoms with Crippen molar-refractivity contribution in [2.45, 2.75) is 32.6 Å². The van der Waals surface area contributed by atoms with Gasteiger partial charge in [0.2, 0.25) is 0 Å². The van der Waals surface area contributed by atoms with Gasteiger partial charge in [-0.1, -0.05) is 58.0 Å². The summed E-state index contributed by atoms with van der Waals surface area (Å²) in [5, 5.41) is 2.47. The molecule has 0 spiro atoms. The van der Waals surface area contributed by atoms with Crippen LogP contribution in [0.15, 0.2) is 51.4 Å². The monoisotopic (exact) mass is 585 g/mol. The van der Waals surface area contributed by atoms with E-state index in [1.807, 2.05) is 0 Å². The Morgan fingerprint density at radius 2 is 1.66 bits per heavy atom. The molecule has 32 heavy (non-hydrogen) atoms. The third-order valence-corrected chi connectivity index (χ3v) is 5.39. The fourth-order valence-electron chi connectivity index (χ4n) is 2.56. The summed E-state index contributed by atoms with van der Waals surface area (Å²) in [6.07, 6.45) is 4.28. The van der Waals surface area contributed by atoms with E-state index in [0.29, 0.717) is 23.7 Å². The van der Waals surface area contributed by atoms with E-state index < -0.39 is 11.8 Å². The van der Waals surface area contributed by atoms with Crippen LogP contribution < -0.4 is 25.6 Å². The van der Waals surface area contributed by atoms with Crippen molar-refractivity contribution in [2.24, 2.45) is 0 Å². The van der Waals surface area contributed by atoms with Gasteiger partial charge in [0.1, 0.15) is 11.5 Å². The number of hydrazine groups is 1. The summed E-state index contributed by atoms with van der Waals surface area (Å²) in [5.74, 6) is 0.115. The van der Waals surface area contributed by atoms with Crippen LogP contribution in [0.1, 0.15) is 43.0 Å². The highest BCUT2D eigenvalue weighted by Crippen LogP contribution is 2.23. The first-order valence-corrected chi connectivity index (χ1v) is 12.1. The van der Waals surface area contributed by atoms with E-state index in [4.69, 9.17) is 21.7 Å². The number of nitrogens with one attached hydrogen (secondary N) is 3. The molecular weight excluding hydrogens is 562 g/mol. The maximum atomic E-state index is 12.7. The number of carbonyl (C=O) groups is 2. The molecular formula is C22H25Br2N3O4S. The Balaban J connectivity index is 1.80. The number of unbranched alkanes of at least 4 members (excludes halogenated alkanes) is 3. The van der Waals surface area contributed by atoms with E-state index in [1.165, 1.54) is 0 Å². The van der Waals surface area contributed by atoms with Crippen LogP contribution in [-0.4, -0.2) is 30.1 Å². The first-order valence-electron chi connectivity index (χ1n) is 10.1. The number of ether oxygens (including phenoxy) is 2. The first kappa shape index (κ1) is 26.1. The molecule has 0 saturated carbocycles. The molecule has 0 aromatic heterocycles. The van der Waals surface area contributed by atoms with Gasteiger partial charge in [-0.2, -0.15) is 0 Å². The topological polar surface area (TPSA) is 88.7 Å². The smallest absolute Gasteiger partial charge is 0.276 e. The van der Waals surface area contributed by atoms with Gasteiger partial charge in [-0.25, -0.2) is 0 Å². The molecule has 3 N–H and O–H groups in total. The second kappa shape index (κ2) is 14.1. The van der Waals surface area contributed by atoms with Crippen LogP contribution in [0, 0.1) is 0 Å². The second-order valence-electron chi connectivity index (χ2n) is 6.75. The molecule has 2 aromatic rings. The van der Waals surface area contributed by atoms with Gasteiger partial charge < -0.3 is 9.47 Å². The van der Waals surface area contributed by atoms with Crippen LogP contribution in [0.5, 0.6) is 11.5 Å². The molecule has 0 aliphatic carbocycles. The van der Waals surface area contributed by atoms with E-state index in [2.05, 4.69) is 55.0 Å². The van der Waals surface area contributed by atoms with Gasteiger partial charge in [0.15, 0.2) is 11.7 Å². The molecule has 2 amide bonds. The van der Waals surface area contributed by atoms with Crippen molar-refractivity contribution in [2.75, 3.05) is 13.2 Å². The zero-order valence-corrected chi connectivity index (χ0v) is 21.6. The van der Waals surface area contributed by atoms with Crippen molar-refractivity contribution in [3.8, 4) is 11.5 Å². The maximum Gasteiger partial charge on any atom is 0.276 e. The summed E-state index contributed by atoms with van der Waals surface area (Å²) in [5.41, 5.74) is 5.21. The van der Waals surface area contributed by atoms with Crippen LogP contribution in [-0.2, 0) is 4.79 Å². The highest BCUT2D eigenvalue weighted by molar-refractivity contribution is 9.10. The molecule has 0 bridgehead atoms. The van der Waals surface area contributed by atoms with Gasteiger partial charge >= 0.3 is 0 Å². The Kier molecular flexibility index (Phi) is 11.5. The summed E-state index contributed by atoms with van der Waals surface area (Å²) in [4.78, 5) is 24.6. The molecule has 10 heteroatoms. The number of rotatable bonds is 10. The lowest BCUT2D eigenvalue weighted by molar-refractivity contribution is -0.123. The van der Waals surface area contributed by atoms with Crippen molar-refractivity contribution in [3.05, 3.63) is 57.0 Å². The minimum absolute atomic E-state index is 0.0548. The number of thiocarbonyl (C=S) groups is 1. The predicted octanol–water partition coefficient (Wildman–Crippen LogP) is 4.89. The molecule has 172 valence electrons. The Bertz CT molecular complexity index is 926. The van der Waals surface area contributed by atoms with Crippen LogP contribution in [0.2, 0.25) is 0 Å². The van der Waals surface area contributed by atoms with Crippen molar-refractivity contribution in [1.82, 2.24) is 16.2 Å². The van der Waals surface area contributed by atoms with Crippen molar-refractivity contribution in [1.29, 1.82) is 0 Å². The van der Waals surface area contributed by atoms with Crippen LogP contribution in [0.4, 0.5) is 0 Å². The van der Waals surface area contributed by atoms with Crippen molar-refractivity contribution in [3.63, 3.8) is 0 Å². The Hall–Kier alpha value is -2.17. The van der Waals surface area contributed by atoms with Crippen LogP contribution in [0.25, 0.3) is 0 Å². The van der Waals surface area contributed by atoms with Gasteiger partial charge in [-0.15, -0.1) is 0 Å². The van der Waals surface area contributed by atoms with Gasteiger partial charge in [-0.05, 0) is 61.1 Å². The zero-order valence-electron chi connectivity index (χ0n) is 17.6.